The second-order valence-electron chi connectivity index (χ2n) is 23.6. The fraction of sp³-hybridized carbons (Fsp3) is 0.567. The lowest BCUT2D eigenvalue weighted by atomic mass is 9.84. The molecule has 19 nitrogen and oxygen atoms in total. The van der Waals surface area contributed by atoms with Gasteiger partial charge in [0, 0.05) is 113 Å². The SMILES string of the molecule is CCn1c(-c2cc(N3CCN(C4CC4)CC3)cnc2[C@H](C)OC)c(CC(C)(C)CO)c2cc(-c3csc([C@H]([C@H](NC(=O)OC(C)(C)C)C(=O)N4CCC[C@@H](C(=O)OC)N4)N4CC[C@H](N(C)C(=O)OCc5ccccc5)C4)n3)ccc21. The molecule has 3 aliphatic heterocycles. The third kappa shape index (κ3) is 13.3. The van der Waals surface area contributed by atoms with Crippen LogP contribution in [0.5, 0.6) is 0 Å². The molecule has 432 valence electrons. The third-order valence-electron chi connectivity index (χ3n) is 16.1. The highest BCUT2D eigenvalue weighted by molar-refractivity contribution is 7.10. The Bertz CT molecular complexity index is 2980. The quantitative estimate of drug-likeness (QED) is 0.0527. The highest BCUT2D eigenvalue weighted by Crippen LogP contribution is 2.44. The van der Waals surface area contributed by atoms with E-state index in [4.69, 9.17) is 28.9 Å². The molecule has 0 spiro atoms. The van der Waals surface area contributed by atoms with E-state index in [9.17, 15) is 19.5 Å². The Labute approximate surface area is 474 Å². The maximum Gasteiger partial charge on any atom is 0.410 e. The van der Waals surface area contributed by atoms with E-state index < -0.39 is 53.2 Å². The number of nitrogens with zero attached hydrogens (tertiary/aromatic N) is 8. The van der Waals surface area contributed by atoms with Gasteiger partial charge in [0.15, 0.2) is 0 Å². The molecule has 2 aromatic carbocycles. The minimum Gasteiger partial charge on any atom is -0.468 e. The molecule has 0 unspecified atom stereocenters. The van der Waals surface area contributed by atoms with Crippen molar-refractivity contribution in [1.82, 2.24) is 45.0 Å². The number of amides is 3. The minimum absolute atomic E-state index is 0.0256. The third-order valence-corrected chi connectivity index (χ3v) is 17.0. The summed E-state index contributed by atoms with van der Waals surface area (Å²) in [5.74, 6) is -0.989. The molecule has 9 rings (SSSR count). The zero-order valence-corrected chi connectivity index (χ0v) is 49.1. The van der Waals surface area contributed by atoms with E-state index >= 15 is 4.79 Å². The lowest BCUT2D eigenvalue weighted by molar-refractivity contribution is -0.151. The molecule has 80 heavy (non-hydrogen) atoms. The zero-order valence-electron chi connectivity index (χ0n) is 48.3. The number of alkyl carbamates (subject to hydrolysis) is 1. The number of anilines is 1. The number of benzene rings is 2. The van der Waals surface area contributed by atoms with Crippen molar-refractivity contribution < 1.29 is 43.2 Å². The predicted molar refractivity (Wildman–Crippen MR) is 309 cm³/mol. The molecule has 4 aliphatic rings. The number of hydrazine groups is 1. The number of hydrogen-bond donors (Lipinski definition) is 3. The number of carbonyl (C=O) groups excluding carboxylic acids is 4. The molecule has 3 saturated heterocycles. The Hall–Kier alpha value is -6.16. The fourth-order valence-electron chi connectivity index (χ4n) is 11.5. The van der Waals surface area contributed by atoms with Crippen molar-refractivity contribution in [2.24, 2.45) is 5.41 Å². The van der Waals surface area contributed by atoms with Crippen LogP contribution in [-0.2, 0) is 48.1 Å². The first-order valence-electron chi connectivity index (χ1n) is 28.4. The number of rotatable bonds is 19. The van der Waals surface area contributed by atoms with Gasteiger partial charge in [-0.05, 0) is 108 Å². The number of piperazine rings is 1. The topological polar surface area (TPSA) is 196 Å². The number of aliphatic hydroxyl groups excluding tert-OH is 1. The van der Waals surface area contributed by atoms with Gasteiger partial charge in [0.1, 0.15) is 29.3 Å². The number of ether oxygens (including phenoxy) is 4. The van der Waals surface area contributed by atoms with Gasteiger partial charge in [-0.1, -0.05) is 50.2 Å². The van der Waals surface area contributed by atoms with Gasteiger partial charge >= 0.3 is 18.2 Å². The Morgan fingerprint density at radius 1 is 0.950 bits per heavy atom. The average molecular weight is 1120 g/mol. The van der Waals surface area contributed by atoms with Crippen LogP contribution in [0.4, 0.5) is 15.3 Å². The Kier molecular flexibility index (Phi) is 18.2. The van der Waals surface area contributed by atoms with Gasteiger partial charge in [0.05, 0.1) is 48.2 Å². The van der Waals surface area contributed by atoms with Gasteiger partial charge in [0.2, 0.25) is 0 Å². The highest BCUT2D eigenvalue weighted by Gasteiger charge is 2.45. The maximum atomic E-state index is 15.3. The van der Waals surface area contributed by atoms with E-state index in [-0.39, 0.29) is 31.9 Å². The van der Waals surface area contributed by atoms with Crippen LogP contribution in [0.15, 0.2) is 66.2 Å². The smallest absolute Gasteiger partial charge is 0.410 e. The van der Waals surface area contributed by atoms with Gasteiger partial charge in [-0.2, -0.15) is 0 Å². The number of pyridine rings is 1. The van der Waals surface area contributed by atoms with Gasteiger partial charge in [0.25, 0.3) is 5.91 Å². The molecule has 1 saturated carbocycles. The first-order valence-corrected chi connectivity index (χ1v) is 29.2. The number of nitrogens with one attached hydrogen (secondary N) is 2. The maximum absolute atomic E-state index is 15.3. The van der Waals surface area contributed by atoms with E-state index in [0.29, 0.717) is 56.0 Å². The highest BCUT2D eigenvalue weighted by atomic mass is 32.1. The standard InChI is InChI=1S/C60H82N10O9S/c1-11-69-49-22-19-40(30-44(49)46(32-60(6,7)37-71)52(69)45-31-43(33-61-50(45)38(2)76-9)67-28-26-66(27-29-67)41-20-21-41)48-36-80-54(62-48)53(68-25-23-42(34-68)65(8)58(75)78-35-39-16-13-12-14-17-39)51(63-57(74)79-59(3,4)5)55(72)70-24-15-18-47(64-70)56(73)77-10/h12-14,16-17,19,22,30-31,33,36,38,41-42,47,51,53,64,71H,11,15,18,20-21,23-29,32,34-35,37H2,1-10H3,(H,63,74)/t38-,42-,47-,51-,53-/m0/s1. The Morgan fingerprint density at radius 2 is 1.70 bits per heavy atom. The summed E-state index contributed by atoms with van der Waals surface area (Å²) in [4.78, 5) is 75.1. The second kappa shape index (κ2) is 24.9. The number of aliphatic hydroxyl groups is 1. The van der Waals surface area contributed by atoms with Crippen molar-refractivity contribution in [3.63, 3.8) is 0 Å². The lowest BCUT2D eigenvalue weighted by Crippen LogP contribution is -2.62. The number of hydrogen-bond acceptors (Lipinski definition) is 16. The molecule has 5 aromatic rings. The molecule has 5 atom stereocenters. The molecule has 0 bridgehead atoms. The Morgan fingerprint density at radius 3 is 2.38 bits per heavy atom. The summed E-state index contributed by atoms with van der Waals surface area (Å²) in [6, 6.07) is 15.7. The van der Waals surface area contributed by atoms with E-state index in [1.54, 1.807) is 39.8 Å². The van der Waals surface area contributed by atoms with Gasteiger partial charge in [-0.15, -0.1) is 11.3 Å². The molecule has 20 heteroatoms. The van der Waals surface area contributed by atoms with Gasteiger partial charge in [-0.3, -0.25) is 29.4 Å². The van der Waals surface area contributed by atoms with Gasteiger partial charge < -0.3 is 43.7 Å². The first-order chi connectivity index (χ1) is 38.3. The number of thiazole rings is 1. The number of carbonyl (C=O) groups is 4. The number of methoxy groups -OCH3 is 2. The number of aryl methyl sites for hydroxylation is 1. The van der Waals surface area contributed by atoms with Crippen molar-refractivity contribution >= 4 is 52.0 Å². The second-order valence-corrected chi connectivity index (χ2v) is 24.5. The number of fused-ring (bicyclic) bond motifs is 1. The van der Waals surface area contributed by atoms with Crippen molar-refractivity contribution in [3.05, 3.63) is 88.0 Å². The summed E-state index contributed by atoms with van der Waals surface area (Å²) in [5.41, 5.74) is 10.1. The van der Waals surface area contributed by atoms with E-state index in [2.05, 4.69) is 75.0 Å². The van der Waals surface area contributed by atoms with Crippen LogP contribution in [0, 0.1) is 5.41 Å². The summed E-state index contributed by atoms with van der Waals surface area (Å²) in [7, 11) is 4.75. The fourth-order valence-corrected chi connectivity index (χ4v) is 12.5. The van der Waals surface area contributed by atoms with E-state index in [1.165, 1.54) is 36.3 Å². The molecule has 3 N–H and O–H groups in total. The molecular weight excluding hydrogens is 1040 g/mol. The van der Waals surface area contributed by atoms with Crippen LogP contribution in [0.1, 0.15) is 115 Å². The lowest BCUT2D eigenvalue weighted by Gasteiger charge is -2.39. The van der Waals surface area contributed by atoms with Crippen LogP contribution in [0.2, 0.25) is 0 Å². The summed E-state index contributed by atoms with van der Waals surface area (Å²) in [5, 5.41) is 18.8. The molecule has 1 aliphatic carbocycles. The van der Waals surface area contributed by atoms with Crippen molar-refractivity contribution in [2.75, 3.05) is 78.6 Å². The molecule has 0 radical (unpaired) electrons. The number of aromatic nitrogens is 3. The van der Waals surface area contributed by atoms with E-state index in [0.717, 1.165) is 82.5 Å². The number of likely N-dealkylation sites (tertiary alicyclic amines) is 1. The van der Waals surface area contributed by atoms with Crippen LogP contribution >= 0.6 is 11.3 Å². The summed E-state index contributed by atoms with van der Waals surface area (Å²) < 4.78 is 25.1. The van der Waals surface area contributed by atoms with Crippen LogP contribution in [-0.4, -0.2) is 167 Å². The minimum atomic E-state index is -1.27. The van der Waals surface area contributed by atoms with Crippen LogP contribution in [0.25, 0.3) is 33.4 Å². The predicted octanol–water partition coefficient (Wildman–Crippen LogP) is 8.35. The number of likely N-dealkylation sites (N-methyl/N-ethyl adjacent to an activating group) is 1. The zero-order chi connectivity index (χ0) is 57.0. The Balaban J connectivity index is 1.12. The first kappa shape index (κ1) is 58.5. The van der Waals surface area contributed by atoms with Crippen molar-refractivity contribution in [2.45, 2.75) is 142 Å². The molecule has 6 heterocycles. The van der Waals surface area contributed by atoms with E-state index in [1.807, 2.05) is 48.8 Å². The summed E-state index contributed by atoms with van der Waals surface area (Å²) in [6.45, 7) is 19.3. The molecule has 3 aromatic heterocycles. The van der Waals surface area contributed by atoms with Crippen molar-refractivity contribution in [1.29, 1.82) is 0 Å². The van der Waals surface area contributed by atoms with Crippen LogP contribution in [0.3, 0.4) is 0 Å². The molecule has 4 fully saturated rings. The van der Waals surface area contributed by atoms with Crippen LogP contribution < -0.4 is 15.6 Å². The van der Waals surface area contributed by atoms with Crippen molar-refractivity contribution in [3.8, 4) is 22.5 Å². The number of esters is 1. The molecular formula is C60H82N10O9S. The summed E-state index contributed by atoms with van der Waals surface area (Å²) >= 11 is 1.38. The monoisotopic (exact) mass is 1120 g/mol. The largest absolute Gasteiger partial charge is 0.468 e. The van der Waals surface area contributed by atoms with Gasteiger partial charge in [-0.25, -0.2) is 20.0 Å². The molecule has 3 amide bonds. The average Bonchev–Trinajstić information content (AvgIpc) is 4.05. The normalized spacial score (nSPS) is 19.6. The summed E-state index contributed by atoms with van der Waals surface area (Å²) in [6.07, 6.45) is 5.08.